The molecule has 0 aromatic carbocycles. The average Bonchev–Trinajstić information content (AvgIpc) is 1.88. The zero-order valence-electron chi connectivity index (χ0n) is 5.19. The minimum atomic E-state index is -4.06. The lowest BCUT2D eigenvalue weighted by atomic mass is 10.6. The van der Waals surface area contributed by atoms with E-state index in [0.717, 1.165) is 0 Å². The van der Waals surface area contributed by atoms with Gasteiger partial charge in [0, 0.05) is 6.08 Å². The van der Waals surface area contributed by atoms with Gasteiger partial charge in [0.25, 0.3) is 5.63 Å². The number of halogens is 4. The summed E-state index contributed by atoms with van der Waals surface area (Å²) in [4.78, 5) is 9.43. The van der Waals surface area contributed by atoms with Gasteiger partial charge in [-0.3, -0.25) is 0 Å². The predicted octanol–water partition coefficient (Wildman–Crippen LogP) is 1.52. The third-order valence-corrected chi connectivity index (χ3v) is 0.951. The maximum absolute atomic E-state index is 12.0. The molecular formula is C5H4ClF3O2. The molecule has 1 unspecified atom stereocenters. The van der Waals surface area contributed by atoms with Gasteiger partial charge in [-0.2, -0.15) is 8.78 Å². The Hall–Kier alpha value is -0.510. The summed E-state index contributed by atoms with van der Waals surface area (Å²) in [5.41, 5.74) is -2.91. The lowest BCUT2D eigenvalue weighted by Gasteiger charge is -2.14. The van der Waals surface area contributed by atoms with Crippen molar-refractivity contribution in [1.29, 1.82) is 0 Å². The van der Waals surface area contributed by atoms with Gasteiger partial charge in [-0.05, 0) is 0 Å². The summed E-state index contributed by atoms with van der Waals surface area (Å²) in [7, 11) is 0. The van der Waals surface area contributed by atoms with Crippen LogP contribution in [0.5, 0.6) is 0 Å². The van der Waals surface area contributed by atoms with Gasteiger partial charge >= 0.3 is 6.11 Å². The highest BCUT2D eigenvalue weighted by Crippen LogP contribution is 2.25. The fourth-order valence-electron chi connectivity index (χ4n) is 0.250. The maximum atomic E-state index is 12.0. The fourth-order valence-corrected chi connectivity index (χ4v) is 0.313. The van der Waals surface area contributed by atoms with Crippen molar-refractivity contribution in [3.63, 3.8) is 0 Å². The minimum absolute atomic E-state index is 0.646. The molecule has 0 saturated carbocycles. The highest BCUT2D eigenvalue weighted by atomic mass is 35.5. The summed E-state index contributed by atoms with van der Waals surface area (Å²) in [6.07, 6.45) is -3.41. The molecule has 0 spiro atoms. The van der Waals surface area contributed by atoms with Gasteiger partial charge in [0.15, 0.2) is 0 Å². The van der Waals surface area contributed by atoms with E-state index in [-0.39, 0.29) is 0 Å². The monoisotopic (exact) mass is 188 g/mol. The summed E-state index contributed by atoms with van der Waals surface area (Å²) < 4.78 is 39.2. The minimum Gasteiger partial charge on any atom is -0.312 e. The van der Waals surface area contributed by atoms with Crippen molar-refractivity contribution in [2.24, 2.45) is 0 Å². The predicted molar refractivity (Wildman–Crippen MR) is 31.9 cm³/mol. The van der Waals surface area contributed by atoms with E-state index in [2.05, 4.69) is 16.3 Å². The first-order chi connectivity index (χ1) is 5.00. The quantitative estimate of drug-likeness (QED) is 0.494. The van der Waals surface area contributed by atoms with E-state index in [1.807, 2.05) is 0 Å². The van der Waals surface area contributed by atoms with Crippen LogP contribution < -0.4 is 0 Å². The van der Waals surface area contributed by atoms with E-state index in [1.54, 1.807) is 0 Å². The highest BCUT2D eigenvalue weighted by Gasteiger charge is 2.39. The molecule has 0 aliphatic heterocycles. The van der Waals surface area contributed by atoms with Crippen LogP contribution in [-0.2, 0) is 9.53 Å². The van der Waals surface area contributed by atoms with Crippen LogP contribution in [0.3, 0.4) is 0 Å². The van der Waals surface area contributed by atoms with E-state index in [0.29, 0.717) is 6.08 Å². The Balaban J connectivity index is 3.81. The van der Waals surface area contributed by atoms with E-state index >= 15 is 0 Å². The van der Waals surface area contributed by atoms with Crippen molar-refractivity contribution in [2.75, 3.05) is 6.61 Å². The molecule has 11 heavy (non-hydrogen) atoms. The Morgan fingerprint density at radius 1 is 1.73 bits per heavy atom. The normalized spacial score (nSPS) is 13.8. The molecule has 0 aliphatic rings. The standard InChI is InChI=1S/C5H4ClF3O2/c6-4(7)5(8,9)11-3-1-2-10/h1,4H,3H2. The van der Waals surface area contributed by atoms with Crippen LogP contribution in [0.2, 0.25) is 0 Å². The summed E-state index contributed by atoms with van der Waals surface area (Å²) in [5.74, 6) is 1.18. The topological polar surface area (TPSA) is 26.3 Å². The number of alkyl halides is 4. The molecule has 0 saturated heterocycles. The second-order valence-corrected chi connectivity index (χ2v) is 1.88. The highest BCUT2D eigenvalue weighted by molar-refractivity contribution is 6.20. The molecule has 6 heteroatoms. The Bertz CT molecular complexity index is 165. The second-order valence-electron chi connectivity index (χ2n) is 1.50. The average molecular weight is 189 g/mol. The zero-order chi connectivity index (χ0) is 8.91. The van der Waals surface area contributed by atoms with Gasteiger partial charge < -0.3 is 4.74 Å². The first-order valence-electron chi connectivity index (χ1n) is 2.50. The first-order valence-corrected chi connectivity index (χ1v) is 2.93. The van der Waals surface area contributed by atoms with Gasteiger partial charge in [0.05, 0.1) is 6.61 Å². The number of rotatable bonds is 4. The fraction of sp³-hybridized carbons (Fsp3) is 0.600. The lowest BCUT2D eigenvalue weighted by Crippen LogP contribution is -2.29. The largest absolute Gasteiger partial charge is 0.401 e. The molecule has 0 aromatic rings. The molecule has 0 fully saturated rings. The van der Waals surface area contributed by atoms with Gasteiger partial charge in [0.1, 0.15) is 5.94 Å². The lowest BCUT2D eigenvalue weighted by molar-refractivity contribution is -0.250. The van der Waals surface area contributed by atoms with Crippen molar-refractivity contribution in [1.82, 2.24) is 0 Å². The third-order valence-electron chi connectivity index (χ3n) is 0.696. The van der Waals surface area contributed by atoms with Crippen molar-refractivity contribution < 1.29 is 22.7 Å². The van der Waals surface area contributed by atoms with Crippen LogP contribution >= 0.6 is 11.6 Å². The molecule has 0 aromatic heterocycles. The van der Waals surface area contributed by atoms with E-state index in [1.165, 1.54) is 5.94 Å². The van der Waals surface area contributed by atoms with E-state index in [9.17, 15) is 18.0 Å². The van der Waals surface area contributed by atoms with Gasteiger partial charge in [-0.15, -0.1) is 0 Å². The zero-order valence-corrected chi connectivity index (χ0v) is 5.95. The van der Waals surface area contributed by atoms with Gasteiger partial charge in [-0.1, -0.05) is 11.6 Å². The smallest absolute Gasteiger partial charge is 0.312 e. The molecule has 0 bridgehead atoms. The van der Waals surface area contributed by atoms with Crippen LogP contribution in [0.4, 0.5) is 13.2 Å². The van der Waals surface area contributed by atoms with Crippen LogP contribution in [0.1, 0.15) is 0 Å². The molecule has 0 N–H and O–H groups in total. The van der Waals surface area contributed by atoms with Crippen LogP contribution in [0.25, 0.3) is 0 Å². The molecule has 2 nitrogen and oxygen atoms in total. The Labute approximate surface area is 65.6 Å². The van der Waals surface area contributed by atoms with Crippen LogP contribution in [0.15, 0.2) is 6.08 Å². The van der Waals surface area contributed by atoms with Gasteiger partial charge in [-0.25, -0.2) is 9.18 Å². The molecule has 64 valence electrons. The third kappa shape index (κ3) is 4.03. The SMILES string of the molecule is O=C=CCOC(F)(F)C(F)Cl. The maximum Gasteiger partial charge on any atom is 0.401 e. The Kier molecular flexibility index (Phi) is 4.18. The van der Waals surface area contributed by atoms with Crippen LogP contribution in [0, 0.1) is 0 Å². The van der Waals surface area contributed by atoms with Crippen molar-refractivity contribution >= 4 is 17.5 Å². The molecule has 0 aliphatic carbocycles. The molecule has 0 rings (SSSR count). The molecule has 0 heterocycles. The van der Waals surface area contributed by atoms with Crippen LogP contribution in [-0.4, -0.2) is 24.3 Å². The molecule has 0 radical (unpaired) electrons. The Morgan fingerprint density at radius 2 is 2.27 bits per heavy atom. The Morgan fingerprint density at radius 3 is 2.64 bits per heavy atom. The van der Waals surface area contributed by atoms with E-state index in [4.69, 9.17) is 0 Å². The number of ether oxygens (including phenoxy) is 1. The van der Waals surface area contributed by atoms with Gasteiger partial charge in [0.2, 0.25) is 0 Å². The summed E-state index contributed by atoms with van der Waals surface area (Å²) in [6.45, 7) is -0.719. The molecule has 1 atom stereocenters. The number of carbonyl (C=O) groups excluding carboxylic acids is 1. The summed E-state index contributed by atoms with van der Waals surface area (Å²) >= 11 is 4.39. The number of hydrogen-bond donors (Lipinski definition) is 0. The summed E-state index contributed by atoms with van der Waals surface area (Å²) in [5, 5.41) is 0. The van der Waals surface area contributed by atoms with Crippen molar-refractivity contribution in [2.45, 2.75) is 11.7 Å². The molecule has 0 amide bonds. The van der Waals surface area contributed by atoms with E-state index < -0.39 is 18.3 Å². The number of hydrogen-bond acceptors (Lipinski definition) is 2. The summed E-state index contributed by atoms with van der Waals surface area (Å²) in [6, 6.07) is 0. The second kappa shape index (κ2) is 4.38. The van der Waals surface area contributed by atoms with Crippen molar-refractivity contribution in [3.05, 3.63) is 6.08 Å². The molecular weight excluding hydrogens is 184 g/mol. The first kappa shape index (κ1) is 10.5. The van der Waals surface area contributed by atoms with Crippen molar-refractivity contribution in [3.8, 4) is 0 Å².